The molecule has 0 atom stereocenters. The Morgan fingerprint density at radius 3 is 2.60 bits per heavy atom. The van der Waals surface area contributed by atoms with Crippen LogP contribution < -0.4 is 9.47 Å². The van der Waals surface area contributed by atoms with Crippen molar-refractivity contribution in [2.45, 2.75) is 6.61 Å². The molecule has 20 heavy (non-hydrogen) atoms. The molecular weight excluding hydrogens is 252 g/mol. The fourth-order valence-corrected chi connectivity index (χ4v) is 1.83. The van der Waals surface area contributed by atoms with Crippen molar-refractivity contribution in [1.82, 2.24) is 0 Å². The van der Waals surface area contributed by atoms with E-state index in [0.29, 0.717) is 18.1 Å². The molecular formula is C17H18O3. The third-order valence-electron chi connectivity index (χ3n) is 2.88. The topological polar surface area (TPSA) is 38.7 Å². The predicted octanol–water partition coefficient (Wildman–Crippen LogP) is 3.28. The van der Waals surface area contributed by atoms with Gasteiger partial charge in [0.25, 0.3) is 0 Å². The van der Waals surface area contributed by atoms with Gasteiger partial charge in [-0.15, -0.1) is 0 Å². The van der Waals surface area contributed by atoms with Crippen LogP contribution in [-0.4, -0.2) is 18.8 Å². The van der Waals surface area contributed by atoms with Crippen molar-refractivity contribution in [1.29, 1.82) is 0 Å². The summed E-state index contributed by atoms with van der Waals surface area (Å²) in [6, 6.07) is 15.4. The van der Waals surface area contributed by atoms with Gasteiger partial charge in [0, 0.05) is 5.56 Å². The van der Waals surface area contributed by atoms with Gasteiger partial charge in [0.15, 0.2) is 0 Å². The normalized spacial score (nSPS) is 10.7. The number of hydrogen-bond donors (Lipinski definition) is 1. The van der Waals surface area contributed by atoms with Crippen LogP contribution in [0.15, 0.2) is 54.6 Å². The van der Waals surface area contributed by atoms with E-state index >= 15 is 0 Å². The maximum atomic E-state index is 9.32. The van der Waals surface area contributed by atoms with Crippen LogP contribution in [0, 0.1) is 0 Å². The highest BCUT2D eigenvalue weighted by Gasteiger charge is 2.03. The summed E-state index contributed by atoms with van der Waals surface area (Å²) in [7, 11) is 1.60. The summed E-state index contributed by atoms with van der Waals surface area (Å²) in [5.41, 5.74) is 1.85. The lowest BCUT2D eigenvalue weighted by Gasteiger charge is -2.10. The van der Waals surface area contributed by atoms with E-state index in [1.807, 2.05) is 48.6 Å². The first-order chi connectivity index (χ1) is 9.83. The van der Waals surface area contributed by atoms with Gasteiger partial charge in [0.05, 0.1) is 13.7 Å². The highest BCUT2D eigenvalue weighted by atomic mass is 16.5. The molecule has 0 bridgehead atoms. The van der Waals surface area contributed by atoms with Gasteiger partial charge >= 0.3 is 0 Å². The highest BCUT2D eigenvalue weighted by Crippen LogP contribution is 2.24. The van der Waals surface area contributed by atoms with E-state index in [2.05, 4.69) is 0 Å². The Hall–Kier alpha value is -2.26. The number of benzene rings is 2. The lowest BCUT2D eigenvalue weighted by Crippen LogP contribution is -1.98. The molecule has 0 heterocycles. The molecule has 2 rings (SSSR count). The highest BCUT2D eigenvalue weighted by molar-refractivity contribution is 5.49. The molecule has 0 saturated carbocycles. The van der Waals surface area contributed by atoms with E-state index < -0.39 is 0 Å². The van der Waals surface area contributed by atoms with Crippen LogP contribution in [0.2, 0.25) is 0 Å². The molecule has 104 valence electrons. The van der Waals surface area contributed by atoms with Crippen LogP contribution in [0.25, 0.3) is 6.08 Å². The van der Waals surface area contributed by atoms with Crippen molar-refractivity contribution in [3.8, 4) is 11.5 Å². The molecule has 0 aromatic heterocycles. The Morgan fingerprint density at radius 1 is 1.10 bits per heavy atom. The molecule has 0 fully saturated rings. The number of aliphatic hydroxyl groups is 1. The van der Waals surface area contributed by atoms with Gasteiger partial charge in [-0.1, -0.05) is 36.4 Å². The summed E-state index contributed by atoms with van der Waals surface area (Å²) < 4.78 is 10.8. The first-order valence-electron chi connectivity index (χ1n) is 6.45. The van der Waals surface area contributed by atoms with E-state index in [4.69, 9.17) is 9.47 Å². The van der Waals surface area contributed by atoms with Gasteiger partial charge in [0.2, 0.25) is 0 Å². The Morgan fingerprint density at radius 2 is 1.90 bits per heavy atom. The summed E-state index contributed by atoms with van der Waals surface area (Å²) in [6.45, 7) is 0.378. The summed E-state index contributed by atoms with van der Waals surface area (Å²) in [5, 5.41) is 9.32. The van der Waals surface area contributed by atoms with E-state index in [1.54, 1.807) is 19.2 Å². The summed E-state index contributed by atoms with van der Waals surface area (Å²) >= 11 is 0. The second kappa shape index (κ2) is 7.36. The van der Waals surface area contributed by atoms with Crippen LogP contribution in [0.3, 0.4) is 0 Å². The van der Waals surface area contributed by atoms with Crippen LogP contribution in [0.4, 0.5) is 0 Å². The number of methoxy groups -OCH3 is 1. The first kappa shape index (κ1) is 14.2. The fraction of sp³-hybridized carbons (Fsp3) is 0.176. The Bertz CT molecular complexity index is 562. The first-order valence-corrected chi connectivity index (χ1v) is 6.45. The standard InChI is InChI=1S/C17H18O3/c1-19-16-9-10-17(15(12-16)13-18)20-11-5-8-14-6-3-2-4-7-14/h2-10,12,18H,11,13H2,1H3/b8-5+. The minimum Gasteiger partial charge on any atom is -0.497 e. The molecule has 0 unspecified atom stereocenters. The number of ether oxygens (including phenoxy) is 2. The van der Waals surface area contributed by atoms with E-state index in [1.165, 1.54) is 0 Å². The molecule has 2 aromatic carbocycles. The van der Waals surface area contributed by atoms with Gasteiger partial charge in [-0.3, -0.25) is 0 Å². The maximum Gasteiger partial charge on any atom is 0.125 e. The Kier molecular flexibility index (Phi) is 5.21. The molecule has 0 saturated heterocycles. The van der Waals surface area contributed by atoms with Crippen LogP contribution in [0.5, 0.6) is 11.5 Å². The lowest BCUT2D eigenvalue weighted by molar-refractivity contribution is 0.269. The summed E-state index contributed by atoms with van der Waals surface area (Å²) in [5.74, 6) is 1.38. The average molecular weight is 270 g/mol. The third kappa shape index (κ3) is 3.87. The van der Waals surface area contributed by atoms with E-state index in [0.717, 1.165) is 11.1 Å². The SMILES string of the molecule is COc1ccc(OC/C=C/c2ccccc2)c(CO)c1. The molecule has 3 nitrogen and oxygen atoms in total. The maximum absolute atomic E-state index is 9.32. The molecule has 0 aliphatic heterocycles. The van der Waals surface area contributed by atoms with Crippen molar-refractivity contribution in [2.24, 2.45) is 0 Å². The molecule has 0 spiro atoms. The van der Waals surface area contributed by atoms with Crippen molar-refractivity contribution in [3.63, 3.8) is 0 Å². The van der Waals surface area contributed by atoms with Gasteiger partial charge in [-0.25, -0.2) is 0 Å². The van der Waals surface area contributed by atoms with E-state index in [9.17, 15) is 5.11 Å². The van der Waals surface area contributed by atoms with Crippen LogP contribution >= 0.6 is 0 Å². The zero-order valence-corrected chi connectivity index (χ0v) is 11.5. The third-order valence-corrected chi connectivity index (χ3v) is 2.88. The molecule has 1 N–H and O–H groups in total. The van der Waals surface area contributed by atoms with Crippen molar-refractivity contribution < 1.29 is 14.6 Å². The van der Waals surface area contributed by atoms with Crippen molar-refractivity contribution >= 4 is 6.08 Å². The zero-order chi connectivity index (χ0) is 14.2. The van der Waals surface area contributed by atoms with Crippen molar-refractivity contribution in [2.75, 3.05) is 13.7 Å². The quantitative estimate of drug-likeness (QED) is 0.875. The number of aliphatic hydroxyl groups excluding tert-OH is 1. The molecule has 0 radical (unpaired) electrons. The monoisotopic (exact) mass is 270 g/mol. The number of hydrogen-bond acceptors (Lipinski definition) is 3. The molecule has 0 amide bonds. The number of rotatable bonds is 6. The average Bonchev–Trinajstić information content (AvgIpc) is 2.52. The molecule has 0 aliphatic rings. The zero-order valence-electron chi connectivity index (χ0n) is 11.5. The lowest BCUT2D eigenvalue weighted by atomic mass is 10.2. The van der Waals surface area contributed by atoms with Crippen LogP contribution in [-0.2, 0) is 6.61 Å². The van der Waals surface area contributed by atoms with Gasteiger partial charge in [0.1, 0.15) is 18.1 Å². The minimum absolute atomic E-state index is 0.0745. The second-order valence-corrected chi connectivity index (χ2v) is 4.26. The summed E-state index contributed by atoms with van der Waals surface area (Å²) in [4.78, 5) is 0. The van der Waals surface area contributed by atoms with Gasteiger partial charge in [-0.05, 0) is 29.8 Å². The molecule has 3 heteroatoms. The van der Waals surface area contributed by atoms with Gasteiger partial charge < -0.3 is 14.6 Å². The smallest absolute Gasteiger partial charge is 0.125 e. The largest absolute Gasteiger partial charge is 0.497 e. The van der Waals surface area contributed by atoms with Gasteiger partial charge in [-0.2, -0.15) is 0 Å². The molecule has 0 aliphatic carbocycles. The van der Waals surface area contributed by atoms with Crippen LogP contribution in [0.1, 0.15) is 11.1 Å². The summed E-state index contributed by atoms with van der Waals surface area (Å²) in [6.07, 6.45) is 3.95. The fourth-order valence-electron chi connectivity index (χ4n) is 1.83. The minimum atomic E-state index is -0.0745. The predicted molar refractivity (Wildman–Crippen MR) is 79.9 cm³/mol. The Balaban J connectivity index is 1.95. The van der Waals surface area contributed by atoms with E-state index in [-0.39, 0.29) is 6.61 Å². The van der Waals surface area contributed by atoms with Crippen molar-refractivity contribution in [3.05, 3.63) is 65.7 Å². The molecule has 2 aromatic rings. The Labute approximate surface area is 119 Å². The second-order valence-electron chi connectivity index (χ2n) is 4.26.